The van der Waals surface area contributed by atoms with Gasteiger partial charge in [-0.05, 0) is 338 Å². The fourth-order valence-electron chi connectivity index (χ4n) is 27.4. The topological polar surface area (TPSA) is 30.6 Å². The molecule has 0 saturated carbocycles. The lowest BCUT2D eigenvalue weighted by molar-refractivity contribution is 0.844. The minimum atomic E-state index is 0.437. The van der Waals surface area contributed by atoms with Crippen molar-refractivity contribution in [1.29, 1.82) is 0 Å². The molecule has 28 aromatic rings. The molecule has 8 heteroatoms. The molecule has 0 N–H and O–H groups in total. The van der Waals surface area contributed by atoms with E-state index in [1.807, 2.05) is 0 Å². The second-order valence-electron chi connectivity index (χ2n) is 43.0. The van der Waals surface area contributed by atoms with E-state index in [2.05, 4.69) is 536 Å². The number of hydrogen-bond acceptors (Lipinski definition) is 4. The van der Waals surface area contributed by atoms with Gasteiger partial charge >= 0.3 is 0 Å². The highest BCUT2D eigenvalue weighted by Crippen LogP contribution is 2.57. The van der Waals surface area contributed by atoms with E-state index < -0.39 is 0 Å². The van der Waals surface area contributed by atoms with Gasteiger partial charge in [0.2, 0.25) is 0 Å². The maximum absolute atomic E-state index is 2.59. The highest BCUT2D eigenvalue weighted by molar-refractivity contribution is 6.35. The number of aryl methyl sites for hydroxylation is 8. The number of nitrogens with zero attached hydrogens (tertiary/aromatic N) is 8. The van der Waals surface area contributed by atoms with Gasteiger partial charge in [0, 0.05) is 132 Å². The lowest BCUT2D eigenvalue weighted by atomic mass is 9.91. The van der Waals surface area contributed by atoms with E-state index in [0.717, 1.165) is 34.1 Å². The van der Waals surface area contributed by atoms with Gasteiger partial charge in [-0.1, -0.05) is 274 Å². The predicted octanol–water partition coefficient (Wildman–Crippen LogP) is 40.1. The maximum atomic E-state index is 2.59. The zero-order valence-corrected chi connectivity index (χ0v) is 86.8. The molecule has 8 aromatic heterocycles. The van der Waals surface area contributed by atoms with Crippen LogP contribution in [-0.2, 0) is 0 Å². The standard InChI is InChI=1S/C74H74N4.C66H42N4/c1-39(2)67-43(9)29-51(30-44(67)10)75(52-31-45(11)68(40(3)4)46(12)32-52)63-27-25-55-59-37-66-60(38-65(59)77-61-23-19-17-21-57(61)71(63)73(55)77)56-26-28-64(72-58-22-18-20-24-62(58)78(66)74(56)72)76(53-33-47(13)69(41(5)6)48(14)34-53)54-35-49(15)70(42(7)8)50(16)36-54;1-5-19-43(20-6-1)45-23-17-29-49(39-45)67(47-25-9-3-10-26-47)59-37-35-51-55-41-62-56(42-61(55)69-57-33-15-13-31-53(57)63(59)65(51)69)52-36-38-60(64-54-32-14-16-34-58(54)70(62)66(52)64)68(48-27-11-4-12-28-48)50-30-18-24-46(40-50)44-21-7-2-8-22-44/h17-42H,1-16H3;1-42H. The number of hydrogen-bond donors (Lipinski definition) is 0. The number of benzene rings is 20. The molecule has 0 bridgehead atoms. The summed E-state index contributed by atoms with van der Waals surface area (Å²) in [6, 6.07) is 146. The number of para-hydroxylation sites is 6. The molecule has 0 saturated heterocycles. The van der Waals surface area contributed by atoms with Crippen molar-refractivity contribution in [3.05, 3.63) is 455 Å². The van der Waals surface area contributed by atoms with E-state index in [4.69, 9.17) is 0 Å². The van der Waals surface area contributed by atoms with Gasteiger partial charge in [-0.3, -0.25) is 0 Å². The van der Waals surface area contributed by atoms with Gasteiger partial charge in [0.15, 0.2) is 0 Å². The van der Waals surface area contributed by atoms with Crippen LogP contribution in [0.5, 0.6) is 0 Å². The molecule has 0 radical (unpaired) electrons. The normalized spacial score (nSPS) is 12.3. The van der Waals surface area contributed by atoms with Gasteiger partial charge in [0.25, 0.3) is 0 Å². The molecule has 8 heterocycles. The third-order valence-corrected chi connectivity index (χ3v) is 32.6. The van der Waals surface area contributed by atoms with Gasteiger partial charge < -0.3 is 37.2 Å². The Kier molecular flexibility index (Phi) is 20.7. The summed E-state index contributed by atoms with van der Waals surface area (Å²) in [5, 5.41) is 20.1. The van der Waals surface area contributed by atoms with E-state index >= 15 is 0 Å². The zero-order chi connectivity index (χ0) is 101. The van der Waals surface area contributed by atoms with Crippen molar-refractivity contribution in [3.8, 4) is 22.3 Å². The molecule has 28 rings (SSSR count). The van der Waals surface area contributed by atoms with Crippen LogP contribution in [-0.4, -0.2) is 17.6 Å². The average Bonchev–Trinajstić information content (AvgIpc) is 1.51. The summed E-state index contributed by atoms with van der Waals surface area (Å²) in [6.45, 7) is 36.9. The molecule has 0 aliphatic heterocycles. The summed E-state index contributed by atoms with van der Waals surface area (Å²) in [5.41, 5.74) is 49.9. The Morgan fingerprint density at radius 1 is 0.155 bits per heavy atom. The molecule has 0 aliphatic rings. The van der Waals surface area contributed by atoms with Crippen LogP contribution in [0.3, 0.4) is 0 Å². The molecule has 0 fully saturated rings. The van der Waals surface area contributed by atoms with Gasteiger partial charge in [0.05, 0.1) is 88.9 Å². The van der Waals surface area contributed by atoms with Crippen LogP contribution in [0.4, 0.5) is 68.2 Å². The second-order valence-corrected chi connectivity index (χ2v) is 43.0. The lowest BCUT2D eigenvalue weighted by Gasteiger charge is -2.30. The summed E-state index contributed by atoms with van der Waals surface area (Å²) in [6.07, 6.45) is 0. The number of rotatable bonds is 18. The van der Waals surface area contributed by atoms with Crippen molar-refractivity contribution in [2.24, 2.45) is 0 Å². The molecular weight excluding hydrogens is 1790 g/mol. The minimum Gasteiger partial charge on any atom is -0.310 e. The summed E-state index contributed by atoms with van der Waals surface area (Å²) >= 11 is 0. The van der Waals surface area contributed by atoms with Crippen molar-refractivity contribution in [3.63, 3.8) is 0 Å². The van der Waals surface area contributed by atoms with Crippen molar-refractivity contribution in [1.82, 2.24) is 17.6 Å². The van der Waals surface area contributed by atoms with Gasteiger partial charge in [-0.15, -0.1) is 0 Å². The molecule has 0 amide bonds. The lowest BCUT2D eigenvalue weighted by Crippen LogP contribution is -2.13. The SMILES string of the molecule is Cc1cc(N(c2cc(C)c(C(C)C)c(C)c2)c2ccc3c4cc5c(cc4n4c6ccccc6c2c34)c2ccc(N(c3cc(C)c(C(C)C)c(C)c3)c3cc(C)c(C(C)C)c(C)c3)c3c4ccccc4n5c23)cc(C)c1C(C)C.c1ccc(-c2cccc(N(c3ccccc3)c3ccc4c5cc6c(cc5n5c7ccccc7c3c45)c3ccc(N(c4ccccc4)c4cccc(-c5ccccc5)c4)c4c5ccccc5n6c34)c2)cc1. The molecular formula is C140H116N8. The molecule has 0 atom stereocenters. The third kappa shape index (κ3) is 13.5. The summed E-state index contributed by atoms with van der Waals surface area (Å²) < 4.78 is 10.3. The predicted molar refractivity (Wildman–Crippen MR) is 635 cm³/mol. The zero-order valence-electron chi connectivity index (χ0n) is 86.8. The van der Waals surface area contributed by atoms with E-state index in [0.29, 0.717) is 23.7 Å². The summed E-state index contributed by atoms with van der Waals surface area (Å²) in [7, 11) is 0. The monoisotopic (exact) mass is 1910 g/mol. The first-order valence-corrected chi connectivity index (χ1v) is 52.8. The van der Waals surface area contributed by atoms with E-state index in [1.165, 1.54) is 276 Å². The third-order valence-electron chi connectivity index (χ3n) is 32.6. The molecule has 148 heavy (non-hydrogen) atoms. The largest absolute Gasteiger partial charge is 0.310 e. The Morgan fingerprint density at radius 3 is 0.595 bits per heavy atom. The number of aromatic nitrogens is 4. The van der Waals surface area contributed by atoms with Crippen LogP contribution in [0.25, 0.3) is 175 Å². The van der Waals surface area contributed by atoms with E-state index in [9.17, 15) is 0 Å². The Morgan fingerprint density at radius 2 is 0.358 bits per heavy atom. The fraction of sp³-hybridized carbons (Fsp3) is 0.143. The summed E-state index contributed by atoms with van der Waals surface area (Å²) in [5.74, 6) is 1.75. The molecule has 0 aliphatic carbocycles. The van der Waals surface area contributed by atoms with Crippen molar-refractivity contribution < 1.29 is 0 Å². The van der Waals surface area contributed by atoms with Crippen molar-refractivity contribution in [2.75, 3.05) is 19.6 Å². The minimum absolute atomic E-state index is 0.437. The van der Waals surface area contributed by atoms with Gasteiger partial charge in [0.1, 0.15) is 0 Å². The Labute approximate surface area is 863 Å². The highest BCUT2D eigenvalue weighted by atomic mass is 15.2. The van der Waals surface area contributed by atoms with Crippen molar-refractivity contribution in [2.45, 2.75) is 134 Å². The first kappa shape index (κ1) is 89.6. The Hall–Kier alpha value is -17.2. The Balaban J connectivity index is 0.000000147. The first-order chi connectivity index (χ1) is 72.1. The van der Waals surface area contributed by atoms with Gasteiger partial charge in [-0.2, -0.15) is 0 Å². The summed E-state index contributed by atoms with van der Waals surface area (Å²) in [4.78, 5) is 10.0. The van der Waals surface area contributed by atoms with E-state index in [-0.39, 0.29) is 0 Å². The molecule has 0 unspecified atom stereocenters. The second kappa shape index (κ2) is 34.2. The van der Waals surface area contributed by atoms with E-state index in [1.54, 1.807) is 0 Å². The smallest absolute Gasteiger partial charge is 0.0641 e. The van der Waals surface area contributed by atoms with Gasteiger partial charge in [-0.25, -0.2) is 0 Å². The van der Waals surface area contributed by atoms with Crippen molar-refractivity contribution >= 4 is 221 Å². The highest BCUT2D eigenvalue weighted by Gasteiger charge is 2.34. The fourth-order valence-corrected chi connectivity index (χ4v) is 27.4. The van der Waals surface area contributed by atoms with Crippen LogP contribution < -0.4 is 19.6 Å². The average molecular weight is 1910 g/mol. The quantitative estimate of drug-likeness (QED) is 0.0857. The van der Waals surface area contributed by atoms with Crippen LogP contribution in [0.1, 0.15) is 146 Å². The molecule has 0 spiro atoms. The maximum Gasteiger partial charge on any atom is 0.0641 e. The molecule has 8 nitrogen and oxygen atoms in total. The molecule has 20 aromatic carbocycles. The van der Waals surface area contributed by atoms with Crippen LogP contribution in [0.2, 0.25) is 0 Å². The first-order valence-electron chi connectivity index (χ1n) is 52.8. The van der Waals surface area contributed by atoms with Crippen LogP contribution >= 0.6 is 0 Å². The van der Waals surface area contributed by atoms with Crippen LogP contribution in [0, 0.1) is 55.4 Å². The molecule has 716 valence electrons. The Bertz CT molecular complexity index is 9430. The number of fused-ring (bicyclic) bond motifs is 24. The number of anilines is 12. The van der Waals surface area contributed by atoms with Crippen LogP contribution in [0.15, 0.2) is 388 Å².